The molecule has 0 atom stereocenters. The highest BCUT2D eigenvalue weighted by Gasteiger charge is 2.33. The van der Waals surface area contributed by atoms with Crippen molar-refractivity contribution in [1.29, 1.82) is 0 Å². The van der Waals surface area contributed by atoms with Crippen molar-refractivity contribution in [3.63, 3.8) is 0 Å². The van der Waals surface area contributed by atoms with Crippen molar-refractivity contribution in [2.24, 2.45) is 0 Å². The van der Waals surface area contributed by atoms with Crippen molar-refractivity contribution in [2.45, 2.75) is 13.1 Å². The molecule has 1 aromatic carbocycles. The fourth-order valence-electron chi connectivity index (χ4n) is 1.81. The number of aromatic nitrogens is 1. The lowest BCUT2D eigenvalue weighted by Crippen LogP contribution is -2.10. The summed E-state index contributed by atoms with van der Waals surface area (Å²) in [6.45, 7) is 1.63. The number of aromatic carboxylic acids is 1. The molecule has 0 radical (unpaired) electrons. The second-order valence-corrected chi connectivity index (χ2v) is 4.41. The second-order valence-electron chi connectivity index (χ2n) is 4.41. The largest absolute Gasteiger partial charge is 0.478 e. The van der Waals surface area contributed by atoms with E-state index in [0.717, 1.165) is 6.07 Å². The molecule has 0 bridgehead atoms. The highest BCUT2D eigenvalue weighted by atomic mass is 19.4. The number of pyridine rings is 1. The molecule has 1 aromatic heterocycles. The van der Waals surface area contributed by atoms with Crippen molar-refractivity contribution < 1.29 is 27.5 Å². The van der Waals surface area contributed by atoms with Crippen LogP contribution < -0.4 is 0 Å². The topological polar surface area (TPSA) is 50.2 Å². The SMILES string of the molecule is Cc1ccc(-c2ncc(C(F)(F)F)cc2C(=O)O)c(F)c1. The smallest absolute Gasteiger partial charge is 0.417 e. The minimum atomic E-state index is -4.72. The van der Waals surface area contributed by atoms with Gasteiger partial charge in [-0.2, -0.15) is 13.2 Å². The van der Waals surface area contributed by atoms with Gasteiger partial charge in [0.05, 0.1) is 16.8 Å². The average molecular weight is 299 g/mol. The quantitative estimate of drug-likeness (QED) is 0.855. The van der Waals surface area contributed by atoms with E-state index in [-0.39, 0.29) is 11.3 Å². The first-order valence-electron chi connectivity index (χ1n) is 5.77. The number of hydrogen-bond acceptors (Lipinski definition) is 2. The summed E-state index contributed by atoms with van der Waals surface area (Å²) in [6, 6.07) is 4.40. The number of carboxylic acids is 1. The van der Waals surface area contributed by atoms with Crippen LogP contribution in [0.5, 0.6) is 0 Å². The maximum Gasteiger partial charge on any atom is 0.417 e. The average Bonchev–Trinajstić information content (AvgIpc) is 2.37. The van der Waals surface area contributed by atoms with Crippen LogP contribution in [0.25, 0.3) is 11.3 Å². The molecular weight excluding hydrogens is 290 g/mol. The molecule has 0 saturated carbocycles. The lowest BCUT2D eigenvalue weighted by atomic mass is 10.0. The lowest BCUT2D eigenvalue weighted by Gasteiger charge is -2.11. The molecular formula is C14H9F4NO2. The standard InChI is InChI=1S/C14H9F4NO2/c1-7-2-3-9(11(15)4-7)12-10(13(20)21)5-8(6-19-12)14(16,17)18/h2-6H,1H3,(H,20,21). The number of nitrogens with zero attached hydrogens (tertiary/aromatic N) is 1. The van der Waals surface area contributed by atoms with Gasteiger partial charge >= 0.3 is 12.1 Å². The van der Waals surface area contributed by atoms with Crippen LogP contribution in [-0.4, -0.2) is 16.1 Å². The Morgan fingerprint density at radius 3 is 2.43 bits per heavy atom. The second kappa shape index (κ2) is 5.16. The van der Waals surface area contributed by atoms with Gasteiger partial charge in [0.1, 0.15) is 5.82 Å². The van der Waals surface area contributed by atoms with Gasteiger partial charge in [0.25, 0.3) is 0 Å². The molecule has 2 aromatic rings. The first-order valence-corrected chi connectivity index (χ1v) is 5.77. The highest BCUT2D eigenvalue weighted by molar-refractivity contribution is 5.95. The van der Waals surface area contributed by atoms with E-state index in [1.54, 1.807) is 6.92 Å². The van der Waals surface area contributed by atoms with Crippen LogP contribution in [0, 0.1) is 12.7 Å². The van der Waals surface area contributed by atoms with Crippen molar-refractivity contribution in [3.05, 3.63) is 53.0 Å². The summed E-state index contributed by atoms with van der Waals surface area (Å²) in [6.07, 6.45) is -4.23. The normalized spacial score (nSPS) is 11.5. The molecule has 0 amide bonds. The number of carbonyl (C=O) groups is 1. The van der Waals surface area contributed by atoms with Crippen LogP contribution >= 0.6 is 0 Å². The van der Waals surface area contributed by atoms with Gasteiger partial charge in [-0.05, 0) is 30.7 Å². The van der Waals surface area contributed by atoms with Crippen LogP contribution in [0.2, 0.25) is 0 Å². The predicted octanol–water partition coefficient (Wildman–Crippen LogP) is 3.91. The Hall–Kier alpha value is -2.44. The Balaban J connectivity index is 2.66. The number of benzene rings is 1. The Morgan fingerprint density at radius 1 is 1.24 bits per heavy atom. The van der Waals surface area contributed by atoms with E-state index >= 15 is 0 Å². The molecule has 2 rings (SSSR count). The molecule has 0 aliphatic rings. The van der Waals surface area contributed by atoms with Crippen LogP contribution in [0.1, 0.15) is 21.5 Å². The van der Waals surface area contributed by atoms with E-state index in [2.05, 4.69) is 4.98 Å². The summed E-state index contributed by atoms with van der Waals surface area (Å²) in [5, 5.41) is 9.03. The van der Waals surface area contributed by atoms with Gasteiger partial charge in [0, 0.05) is 11.8 Å². The third-order valence-electron chi connectivity index (χ3n) is 2.83. The van der Waals surface area contributed by atoms with Crippen molar-refractivity contribution in [1.82, 2.24) is 4.98 Å². The first kappa shape index (κ1) is 15.0. The fraction of sp³-hybridized carbons (Fsp3) is 0.143. The van der Waals surface area contributed by atoms with E-state index in [9.17, 15) is 22.4 Å². The fourth-order valence-corrected chi connectivity index (χ4v) is 1.81. The summed E-state index contributed by atoms with van der Waals surface area (Å²) >= 11 is 0. The minimum absolute atomic E-state index is 0.160. The Kier molecular flexibility index (Phi) is 3.67. The summed E-state index contributed by atoms with van der Waals surface area (Å²) in [4.78, 5) is 14.6. The lowest BCUT2D eigenvalue weighted by molar-refractivity contribution is -0.137. The van der Waals surface area contributed by atoms with Crippen LogP contribution in [0.3, 0.4) is 0 Å². The van der Waals surface area contributed by atoms with Gasteiger partial charge in [-0.25, -0.2) is 9.18 Å². The molecule has 1 N–H and O–H groups in total. The number of hydrogen-bond donors (Lipinski definition) is 1. The molecule has 0 aliphatic heterocycles. The summed E-state index contributed by atoms with van der Waals surface area (Å²) in [7, 11) is 0. The summed E-state index contributed by atoms with van der Waals surface area (Å²) in [5.41, 5.74) is -1.80. The highest BCUT2D eigenvalue weighted by Crippen LogP contribution is 2.32. The zero-order chi connectivity index (χ0) is 15.8. The van der Waals surface area contributed by atoms with E-state index in [4.69, 9.17) is 5.11 Å². The summed E-state index contributed by atoms with van der Waals surface area (Å²) in [5.74, 6) is -2.35. The van der Waals surface area contributed by atoms with Gasteiger partial charge in [0.2, 0.25) is 0 Å². The van der Waals surface area contributed by atoms with Gasteiger partial charge in [-0.1, -0.05) is 6.07 Å². The van der Waals surface area contributed by atoms with E-state index < -0.39 is 29.1 Å². The third kappa shape index (κ3) is 3.01. The van der Waals surface area contributed by atoms with Crippen molar-refractivity contribution >= 4 is 5.97 Å². The van der Waals surface area contributed by atoms with Crippen LogP contribution in [0.4, 0.5) is 17.6 Å². The molecule has 0 saturated heterocycles. The van der Waals surface area contributed by atoms with Gasteiger partial charge in [0.15, 0.2) is 0 Å². The van der Waals surface area contributed by atoms with Crippen LogP contribution in [0.15, 0.2) is 30.5 Å². The molecule has 0 fully saturated rings. The number of rotatable bonds is 2. The number of alkyl halides is 3. The van der Waals surface area contributed by atoms with Crippen molar-refractivity contribution in [2.75, 3.05) is 0 Å². The molecule has 21 heavy (non-hydrogen) atoms. The van der Waals surface area contributed by atoms with E-state index in [1.807, 2.05) is 0 Å². The number of carboxylic acid groups (broad SMARTS) is 1. The molecule has 3 nitrogen and oxygen atoms in total. The number of halogens is 4. The summed E-state index contributed by atoms with van der Waals surface area (Å²) < 4.78 is 51.6. The Bertz CT molecular complexity index is 711. The third-order valence-corrected chi connectivity index (χ3v) is 2.83. The predicted molar refractivity (Wildman–Crippen MR) is 66.3 cm³/mol. The zero-order valence-electron chi connectivity index (χ0n) is 10.7. The van der Waals surface area contributed by atoms with Crippen molar-refractivity contribution in [3.8, 4) is 11.3 Å². The Morgan fingerprint density at radius 2 is 1.90 bits per heavy atom. The molecule has 0 aliphatic carbocycles. The maximum absolute atomic E-state index is 13.9. The van der Waals surface area contributed by atoms with E-state index in [0.29, 0.717) is 17.8 Å². The van der Waals surface area contributed by atoms with Gasteiger partial charge < -0.3 is 5.11 Å². The molecule has 7 heteroatoms. The van der Waals surface area contributed by atoms with Gasteiger partial charge in [-0.3, -0.25) is 4.98 Å². The van der Waals surface area contributed by atoms with Gasteiger partial charge in [-0.15, -0.1) is 0 Å². The first-order chi connectivity index (χ1) is 9.70. The molecule has 110 valence electrons. The molecule has 0 unspecified atom stereocenters. The van der Waals surface area contributed by atoms with E-state index in [1.165, 1.54) is 12.1 Å². The number of aryl methyl sites for hydroxylation is 1. The molecule has 0 spiro atoms. The zero-order valence-corrected chi connectivity index (χ0v) is 10.7. The monoisotopic (exact) mass is 299 g/mol. The van der Waals surface area contributed by atoms with Crippen LogP contribution in [-0.2, 0) is 6.18 Å². The minimum Gasteiger partial charge on any atom is -0.478 e. The maximum atomic E-state index is 13.9. The molecule has 1 heterocycles. The Labute approximate surface area is 116 Å².